The molecule has 1 aliphatic heterocycles. The Kier molecular flexibility index (Phi) is 7.96. The first-order valence-corrected chi connectivity index (χ1v) is 14.2. The number of primary amides is 1. The number of piperidine rings is 1. The minimum absolute atomic E-state index is 0.0224. The maximum Gasteiger partial charge on any atom is 0.271 e. The van der Waals surface area contributed by atoms with Gasteiger partial charge in [-0.2, -0.15) is 0 Å². The van der Waals surface area contributed by atoms with E-state index in [2.05, 4.69) is 20.2 Å². The van der Waals surface area contributed by atoms with E-state index in [0.29, 0.717) is 30.0 Å². The number of aromatic nitrogens is 2. The van der Waals surface area contributed by atoms with Crippen LogP contribution in [0.25, 0.3) is 0 Å². The van der Waals surface area contributed by atoms with Crippen LogP contribution in [0.4, 0.5) is 23.0 Å². The lowest BCUT2D eigenvalue weighted by atomic mass is 9.91. The fraction of sp³-hybridized carbons (Fsp3) is 0.333. The summed E-state index contributed by atoms with van der Waals surface area (Å²) in [7, 11) is 0.585. The zero-order valence-electron chi connectivity index (χ0n) is 21.7. The summed E-state index contributed by atoms with van der Waals surface area (Å²) < 4.78 is 23.5. The number of amides is 1. The number of hydrogen-bond acceptors (Lipinski definition) is 9. The summed E-state index contributed by atoms with van der Waals surface area (Å²) in [5.41, 5.74) is 7.78. The number of nitrogens with two attached hydrogens (primary N) is 1. The summed E-state index contributed by atoms with van der Waals surface area (Å²) in [5.74, 6) is 0.278. The van der Waals surface area contributed by atoms with E-state index < -0.39 is 15.7 Å². The van der Waals surface area contributed by atoms with Crippen molar-refractivity contribution in [3.05, 3.63) is 66.0 Å². The highest BCUT2D eigenvalue weighted by Gasteiger charge is 2.25. The van der Waals surface area contributed by atoms with Gasteiger partial charge in [-0.1, -0.05) is 0 Å². The minimum atomic E-state index is -3.34. The Hall–Kier alpha value is -3.99. The third-order valence-electron chi connectivity index (χ3n) is 6.56. The van der Waals surface area contributed by atoms with Crippen LogP contribution in [0.15, 0.2) is 59.6 Å². The summed E-state index contributed by atoms with van der Waals surface area (Å²) in [6.07, 6.45) is 4.91. The molecule has 1 atom stereocenters. The van der Waals surface area contributed by atoms with E-state index in [1.807, 2.05) is 43.3 Å². The Labute approximate surface area is 222 Å². The number of anilines is 4. The second kappa shape index (κ2) is 11.2. The van der Waals surface area contributed by atoms with Gasteiger partial charge in [0.25, 0.3) is 5.91 Å². The molecule has 0 spiro atoms. The summed E-state index contributed by atoms with van der Waals surface area (Å²) in [6, 6.07) is 13.7. The normalized spacial score (nSPS) is 15.7. The molecule has 0 unspecified atom stereocenters. The molecular formula is C27H32N6O4S. The fourth-order valence-corrected chi connectivity index (χ4v) is 5.12. The van der Waals surface area contributed by atoms with Crippen molar-refractivity contribution in [1.82, 2.24) is 9.97 Å². The topological polar surface area (TPSA) is 139 Å². The van der Waals surface area contributed by atoms with Crippen LogP contribution in [0.3, 0.4) is 0 Å². The zero-order valence-corrected chi connectivity index (χ0v) is 22.5. The molecule has 38 heavy (non-hydrogen) atoms. The molecule has 10 nitrogen and oxygen atoms in total. The Morgan fingerprint density at radius 3 is 2.39 bits per heavy atom. The number of sulfone groups is 1. The highest BCUT2D eigenvalue weighted by molar-refractivity contribution is 7.90. The molecule has 3 aromatic rings. The smallest absolute Gasteiger partial charge is 0.271 e. The molecule has 2 heterocycles. The average Bonchev–Trinajstić information content (AvgIpc) is 2.88. The number of nitrogens with zero attached hydrogens (tertiary/aromatic N) is 4. The van der Waals surface area contributed by atoms with E-state index in [1.165, 1.54) is 18.3 Å². The molecular weight excluding hydrogens is 504 g/mol. The first-order valence-electron chi connectivity index (χ1n) is 12.3. The van der Waals surface area contributed by atoms with Crippen molar-refractivity contribution >= 4 is 44.5 Å². The van der Waals surface area contributed by atoms with Crippen molar-refractivity contribution in [3.8, 4) is 0 Å². The van der Waals surface area contributed by atoms with Gasteiger partial charge in [0.05, 0.1) is 11.1 Å². The van der Waals surface area contributed by atoms with Crippen LogP contribution in [0.5, 0.6) is 0 Å². The molecule has 2 aromatic carbocycles. The molecule has 0 saturated carbocycles. The van der Waals surface area contributed by atoms with Crippen molar-refractivity contribution in [3.63, 3.8) is 0 Å². The first-order chi connectivity index (χ1) is 18.0. The molecule has 0 bridgehead atoms. The number of hydrogen-bond donors (Lipinski definition) is 2. The predicted octanol–water partition coefficient (Wildman–Crippen LogP) is 3.28. The molecule has 1 amide bonds. The van der Waals surface area contributed by atoms with Crippen LogP contribution in [0.1, 0.15) is 40.1 Å². The Morgan fingerprint density at radius 2 is 1.79 bits per heavy atom. The summed E-state index contributed by atoms with van der Waals surface area (Å²) in [4.78, 5) is 38.1. The van der Waals surface area contributed by atoms with E-state index in [9.17, 15) is 18.0 Å². The minimum Gasteiger partial charge on any atom is -0.378 e. The standard InChI is InChI=1S/C27H32N6O4S/c1-32(2)21-10-6-19(7-11-21)23(34)15-18-5-4-14-33(17-18)24-16-29-25(26(28)35)27(31-24)30-20-8-12-22(13-9-20)38(3,36)37/h6-13,16,18H,4-5,14-15,17H2,1-3H3,(H2,28,35)(H,30,31)/t18-/m0/s1. The van der Waals surface area contributed by atoms with Crippen molar-refractivity contribution in [2.45, 2.75) is 24.2 Å². The van der Waals surface area contributed by atoms with Crippen LogP contribution in [0.2, 0.25) is 0 Å². The van der Waals surface area contributed by atoms with Gasteiger partial charge in [0.15, 0.2) is 27.1 Å². The van der Waals surface area contributed by atoms with Gasteiger partial charge < -0.3 is 20.9 Å². The molecule has 1 aromatic heterocycles. The number of rotatable bonds is 9. The SMILES string of the molecule is CN(C)c1ccc(C(=O)C[C@@H]2CCCN(c3cnc(C(N)=O)c(Nc4ccc(S(C)(=O)=O)cc4)n3)C2)cc1. The van der Waals surface area contributed by atoms with Gasteiger partial charge in [0.2, 0.25) is 0 Å². The van der Waals surface area contributed by atoms with Gasteiger partial charge in [-0.15, -0.1) is 0 Å². The van der Waals surface area contributed by atoms with Crippen molar-refractivity contribution in [1.29, 1.82) is 0 Å². The van der Waals surface area contributed by atoms with Gasteiger partial charge >= 0.3 is 0 Å². The van der Waals surface area contributed by atoms with Crippen LogP contribution >= 0.6 is 0 Å². The lowest BCUT2D eigenvalue weighted by Crippen LogP contribution is -2.37. The van der Waals surface area contributed by atoms with Gasteiger partial charge in [-0.3, -0.25) is 9.59 Å². The number of nitrogens with one attached hydrogen (secondary N) is 1. The average molecular weight is 537 g/mol. The zero-order chi connectivity index (χ0) is 27.4. The largest absolute Gasteiger partial charge is 0.378 e. The summed E-state index contributed by atoms with van der Waals surface area (Å²) in [5, 5.41) is 3.04. The molecule has 0 radical (unpaired) electrons. The second-order valence-electron chi connectivity index (χ2n) is 9.73. The number of Topliss-reactive ketones (excluding diaryl/α,β-unsaturated/α-hetero) is 1. The highest BCUT2D eigenvalue weighted by Crippen LogP contribution is 2.28. The Morgan fingerprint density at radius 1 is 1.11 bits per heavy atom. The third-order valence-corrected chi connectivity index (χ3v) is 7.69. The van der Waals surface area contributed by atoms with Crippen molar-refractivity contribution in [2.75, 3.05) is 48.6 Å². The molecule has 0 aliphatic carbocycles. The first kappa shape index (κ1) is 27.1. The Bertz CT molecular complexity index is 1420. The van der Waals surface area contributed by atoms with Gasteiger partial charge in [0, 0.05) is 56.8 Å². The molecule has 4 rings (SSSR count). The van der Waals surface area contributed by atoms with Gasteiger partial charge in [0.1, 0.15) is 5.82 Å². The maximum atomic E-state index is 12.9. The van der Waals surface area contributed by atoms with Gasteiger partial charge in [-0.05, 0) is 67.3 Å². The molecule has 1 aliphatic rings. The van der Waals surface area contributed by atoms with Gasteiger partial charge in [-0.25, -0.2) is 18.4 Å². The predicted molar refractivity (Wildman–Crippen MR) is 148 cm³/mol. The Balaban J connectivity index is 1.49. The van der Waals surface area contributed by atoms with Crippen LogP contribution in [-0.2, 0) is 9.84 Å². The fourth-order valence-electron chi connectivity index (χ4n) is 4.49. The molecule has 200 valence electrons. The van der Waals surface area contributed by atoms with E-state index in [-0.39, 0.29) is 28.1 Å². The molecule has 11 heteroatoms. The maximum absolute atomic E-state index is 12.9. The second-order valence-corrected chi connectivity index (χ2v) is 11.7. The van der Waals surface area contributed by atoms with Crippen LogP contribution < -0.4 is 20.9 Å². The molecule has 1 fully saturated rings. The van der Waals surface area contributed by atoms with E-state index in [0.717, 1.165) is 31.3 Å². The quantitative estimate of drug-likeness (QED) is 0.394. The number of carbonyl (C=O) groups is 2. The molecule has 1 saturated heterocycles. The van der Waals surface area contributed by atoms with E-state index in [4.69, 9.17) is 5.73 Å². The van der Waals surface area contributed by atoms with Crippen LogP contribution in [0, 0.1) is 5.92 Å². The molecule has 3 N–H and O–H groups in total. The summed E-state index contributed by atoms with van der Waals surface area (Å²) in [6.45, 7) is 1.38. The number of ketones is 1. The van der Waals surface area contributed by atoms with Crippen molar-refractivity contribution in [2.24, 2.45) is 11.7 Å². The number of carbonyl (C=O) groups excluding carboxylic acids is 2. The third kappa shape index (κ3) is 6.46. The lowest BCUT2D eigenvalue weighted by Gasteiger charge is -2.33. The van der Waals surface area contributed by atoms with Crippen LogP contribution in [-0.4, -0.2) is 63.5 Å². The highest BCUT2D eigenvalue weighted by atomic mass is 32.2. The number of benzene rings is 2. The van der Waals surface area contributed by atoms with E-state index >= 15 is 0 Å². The monoisotopic (exact) mass is 536 g/mol. The summed E-state index contributed by atoms with van der Waals surface area (Å²) >= 11 is 0. The van der Waals surface area contributed by atoms with Crippen molar-refractivity contribution < 1.29 is 18.0 Å². The van der Waals surface area contributed by atoms with E-state index in [1.54, 1.807) is 12.1 Å². The lowest BCUT2D eigenvalue weighted by molar-refractivity contribution is 0.0954.